The van der Waals surface area contributed by atoms with Crippen LogP contribution >= 0.6 is 0 Å². The number of rotatable bonds is 6. The Balaban J connectivity index is 2.72. The molecule has 1 amide bonds. The molecule has 0 spiro atoms. The summed E-state index contributed by atoms with van der Waals surface area (Å²) in [5.41, 5.74) is -0.0392. The fraction of sp³-hybridized carbons (Fsp3) is 0.786. The molecule has 0 aromatic carbocycles. The Morgan fingerprint density at radius 1 is 1.45 bits per heavy atom. The summed E-state index contributed by atoms with van der Waals surface area (Å²) in [4.78, 5) is 13.8. The fourth-order valence-electron chi connectivity index (χ4n) is 2.17. The molecule has 1 saturated heterocycles. The van der Waals surface area contributed by atoms with E-state index < -0.39 is 16.1 Å². The van der Waals surface area contributed by atoms with E-state index in [0.29, 0.717) is 25.9 Å². The minimum atomic E-state index is -3.39. The molecular formula is C14H26N2O3S. The molecule has 0 aromatic rings. The monoisotopic (exact) mass is 302 g/mol. The van der Waals surface area contributed by atoms with Gasteiger partial charge in [-0.15, -0.1) is 6.58 Å². The largest absolute Gasteiger partial charge is 0.338 e. The van der Waals surface area contributed by atoms with Gasteiger partial charge in [-0.1, -0.05) is 26.8 Å². The molecule has 1 unspecified atom stereocenters. The summed E-state index contributed by atoms with van der Waals surface area (Å²) < 4.78 is 25.9. The van der Waals surface area contributed by atoms with Crippen LogP contribution in [0.1, 0.15) is 33.6 Å². The van der Waals surface area contributed by atoms with E-state index in [9.17, 15) is 13.2 Å². The number of amides is 1. The number of carbonyl (C=O) groups is 1. The van der Waals surface area contributed by atoms with Crippen molar-refractivity contribution in [3.8, 4) is 0 Å². The van der Waals surface area contributed by atoms with E-state index in [4.69, 9.17) is 0 Å². The maximum atomic E-state index is 12.3. The highest BCUT2D eigenvalue weighted by Crippen LogP contribution is 2.23. The van der Waals surface area contributed by atoms with Crippen molar-refractivity contribution in [1.29, 1.82) is 0 Å². The average molecular weight is 302 g/mol. The summed E-state index contributed by atoms with van der Waals surface area (Å²) in [6.07, 6.45) is 2.79. The molecule has 0 N–H and O–H groups in total. The molecule has 116 valence electrons. The molecule has 1 heterocycles. The molecule has 0 saturated carbocycles. The SMILES string of the molecule is C=CCN1CCC(N(C)S(=O)(=O)CCC(C)(C)C)C1=O. The van der Waals surface area contributed by atoms with Crippen LogP contribution < -0.4 is 0 Å². The first kappa shape index (κ1) is 17.2. The second kappa shape index (κ2) is 6.26. The van der Waals surface area contributed by atoms with E-state index in [0.717, 1.165) is 0 Å². The maximum absolute atomic E-state index is 12.3. The van der Waals surface area contributed by atoms with Crippen molar-refractivity contribution in [3.05, 3.63) is 12.7 Å². The van der Waals surface area contributed by atoms with Crippen molar-refractivity contribution in [2.24, 2.45) is 5.41 Å². The second-order valence-electron chi connectivity index (χ2n) is 6.52. The van der Waals surface area contributed by atoms with E-state index >= 15 is 0 Å². The first-order valence-corrected chi connectivity index (χ1v) is 8.55. The average Bonchev–Trinajstić information content (AvgIpc) is 2.68. The van der Waals surface area contributed by atoms with E-state index in [-0.39, 0.29) is 17.1 Å². The highest BCUT2D eigenvalue weighted by molar-refractivity contribution is 7.89. The third-order valence-electron chi connectivity index (χ3n) is 3.61. The van der Waals surface area contributed by atoms with Crippen LogP contribution in [0.25, 0.3) is 0 Å². The van der Waals surface area contributed by atoms with Crippen molar-refractivity contribution >= 4 is 15.9 Å². The van der Waals surface area contributed by atoms with Gasteiger partial charge in [0.05, 0.1) is 5.75 Å². The molecular weight excluding hydrogens is 276 g/mol. The molecule has 20 heavy (non-hydrogen) atoms. The topological polar surface area (TPSA) is 57.7 Å². The highest BCUT2D eigenvalue weighted by Gasteiger charge is 2.38. The lowest BCUT2D eigenvalue weighted by Crippen LogP contribution is -2.44. The zero-order valence-corrected chi connectivity index (χ0v) is 13.7. The number of sulfonamides is 1. The lowest BCUT2D eigenvalue weighted by atomic mass is 9.94. The number of hydrogen-bond donors (Lipinski definition) is 0. The molecule has 1 aliphatic rings. The zero-order chi connectivity index (χ0) is 15.6. The first-order valence-electron chi connectivity index (χ1n) is 6.94. The zero-order valence-electron chi connectivity index (χ0n) is 12.9. The predicted molar refractivity (Wildman–Crippen MR) is 80.8 cm³/mol. The Kier molecular flexibility index (Phi) is 5.38. The maximum Gasteiger partial charge on any atom is 0.241 e. The molecule has 6 heteroatoms. The predicted octanol–water partition coefficient (Wildman–Crippen LogP) is 1.47. The molecule has 1 atom stereocenters. The van der Waals surface area contributed by atoms with Gasteiger partial charge in [-0.05, 0) is 18.3 Å². The normalized spacial score (nSPS) is 20.8. The Morgan fingerprint density at radius 3 is 2.55 bits per heavy atom. The van der Waals surface area contributed by atoms with Gasteiger partial charge in [0.25, 0.3) is 0 Å². The van der Waals surface area contributed by atoms with Gasteiger partial charge in [-0.25, -0.2) is 8.42 Å². The summed E-state index contributed by atoms with van der Waals surface area (Å²) in [7, 11) is -1.88. The number of nitrogens with zero attached hydrogens (tertiary/aromatic N) is 2. The van der Waals surface area contributed by atoms with Crippen molar-refractivity contribution in [2.75, 3.05) is 25.9 Å². The lowest BCUT2D eigenvalue weighted by Gasteiger charge is -2.25. The Hall–Kier alpha value is -0.880. The molecule has 1 rings (SSSR count). The van der Waals surface area contributed by atoms with E-state index in [1.165, 1.54) is 11.4 Å². The van der Waals surface area contributed by atoms with Crippen LogP contribution in [0.3, 0.4) is 0 Å². The number of hydrogen-bond acceptors (Lipinski definition) is 3. The van der Waals surface area contributed by atoms with E-state index in [1.807, 2.05) is 20.8 Å². The van der Waals surface area contributed by atoms with Gasteiger partial charge in [0.1, 0.15) is 6.04 Å². The first-order chi connectivity index (χ1) is 9.08. The summed E-state index contributed by atoms with van der Waals surface area (Å²) in [6, 6.07) is -0.556. The minimum absolute atomic E-state index is 0.0392. The Labute approximate surface area is 122 Å². The third-order valence-corrected chi connectivity index (χ3v) is 5.46. The third kappa shape index (κ3) is 4.31. The molecule has 0 radical (unpaired) electrons. The fourth-order valence-corrected chi connectivity index (χ4v) is 3.91. The smallest absolute Gasteiger partial charge is 0.241 e. The van der Waals surface area contributed by atoms with Crippen LogP contribution in [0, 0.1) is 5.41 Å². The van der Waals surface area contributed by atoms with E-state index in [1.54, 1.807) is 11.0 Å². The van der Waals surface area contributed by atoms with Crippen LogP contribution in [0.4, 0.5) is 0 Å². The van der Waals surface area contributed by atoms with Crippen LogP contribution in [-0.2, 0) is 14.8 Å². The van der Waals surface area contributed by atoms with Gasteiger partial charge in [0.15, 0.2) is 0 Å². The van der Waals surface area contributed by atoms with E-state index in [2.05, 4.69) is 6.58 Å². The number of likely N-dealkylation sites (N-methyl/N-ethyl adjacent to an activating group) is 1. The molecule has 0 aromatic heterocycles. The highest BCUT2D eigenvalue weighted by atomic mass is 32.2. The molecule has 5 nitrogen and oxygen atoms in total. The Bertz CT molecular complexity index is 465. The number of carbonyl (C=O) groups excluding carboxylic acids is 1. The van der Waals surface area contributed by atoms with Crippen molar-refractivity contribution in [2.45, 2.75) is 39.7 Å². The summed E-state index contributed by atoms with van der Waals surface area (Å²) in [5, 5.41) is 0. The second-order valence-corrected chi connectivity index (χ2v) is 8.67. The molecule has 1 fully saturated rings. The van der Waals surface area contributed by atoms with Crippen molar-refractivity contribution in [3.63, 3.8) is 0 Å². The lowest BCUT2D eigenvalue weighted by molar-refractivity contribution is -0.130. The minimum Gasteiger partial charge on any atom is -0.338 e. The van der Waals surface area contributed by atoms with Gasteiger partial charge in [-0.2, -0.15) is 4.31 Å². The van der Waals surface area contributed by atoms with Gasteiger partial charge in [0, 0.05) is 20.1 Å². The van der Waals surface area contributed by atoms with Crippen LogP contribution in [0.5, 0.6) is 0 Å². The quantitative estimate of drug-likeness (QED) is 0.698. The van der Waals surface area contributed by atoms with Crippen molar-refractivity contribution in [1.82, 2.24) is 9.21 Å². The van der Waals surface area contributed by atoms with Gasteiger partial charge < -0.3 is 4.90 Å². The van der Waals surface area contributed by atoms with Gasteiger partial charge in [-0.3, -0.25) is 4.79 Å². The number of likely N-dealkylation sites (tertiary alicyclic amines) is 1. The van der Waals surface area contributed by atoms with Crippen LogP contribution in [0.15, 0.2) is 12.7 Å². The standard InChI is InChI=1S/C14H26N2O3S/c1-6-9-16-10-7-12(13(16)17)15(5)20(18,19)11-8-14(2,3)4/h6,12H,1,7-11H2,2-5H3. The Morgan fingerprint density at radius 2 is 2.05 bits per heavy atom. The van der Waals surface area contributed by atoms with Gasteiger partial charge in [0.2, 0.25) is 15.9 Å². The van der Waals surface area contributed by atoms with Crippen LogP contribution in [-0.4, -0.2) is 55.5 Å². The van der Waals surface area contributed by atoms with Crippen LogP contribution in [0.2, 0.25) is 0 Å². The van der Waals surface area contributed by atoms with Crippen molar-refractivity contribution < 1.29 is 13.2 Å². The molecule has 0 aliphatic carbocycles. The van der Waals surface area contributed by atoms with Gasteiger partial charge >= 0.3 is 0 Å². The summed E-state index contributed by atoms with van der Waals surface area (Å²) in [5.74, 6) is -0.0372. The summed E-state index contributed by atoms with van der Waals surface area (Å²) >= 11 is 0. The molecule has 0 bridgehead atoms. The molecule has 1 aliphatic heterocycles. The summed E-state index contributed by atoms with van der Waals surface area (Å²) in [6.45, 7) is 10.7.